The summed E-state index contributed by atoms with van der Waals surface area (Å²) in [6.07, 6.45) is 3.89. The molecule has 188 valence electrons. The van der Waals surface area contributed by atoms with Crippen molar-refractivity contribution in [2.75, 3.05) is 19.9 Å². The zero-order valence-corrected chi connectivity index (χ0v) is 20.9. The standard InChI is InChI=1S/C25H34N6O4/c1-5-20(23-27-28-29-31(23)25(3,4)6-2)30(14-18-8-7-9-33-18)13-17-10-16-11-21-22(35-15-34-21)12-19(16)26-24(17)32/h10-12,18,20H,5-9,13-15H2,1-4H3,(H,26,32)/t18-,20+/m0/s1. The van der Waals surface area contributed by atoms with Crippen LogP contribution in [0.2, 0.25) is 0 Å². The first kappa shape index (κ1) is 23.7. The third-order valence-electron chi connectivity index (χ3n) is 7.31. The number of fused-ring (bicyclic) bond motifs is 2. The van der Waals surface area contributed by atoms with E-state index in [1.165, 1.54) is 0 Å². The van der Waals surface area contributed by atoms with Gasteiger partial charge >= 0.3 is 0 Å². The van der Waals surface area contributed by atoms with Crippen LogP contribution in [-0.2, 0) is 16.8 Å². The Kier molecular flexibility index (Phi) is 6.50. The van der Waals surface area contributed by atoms with Crippen molar-refractivity contribution < 1.29 is 14.2 Å². The molecule has 0 spiro atoms. The second-order valence-electron chi connectivity index (χ2n) is 10.0. The zero-order chi connectivity index (χ0) is 24.6. The Morgan fingerprint density at radius 2 is 2.03 bits per heavy atom. The maximum Gasteiger partial charge on any atom is 0.252 e. The normalized spacial score (nSPS) is 18.6. The smallest absolute Gasteiger partial charge is 0.252 e. The second kappa shape index (κ2) is 9.58. The summed E-state index contributed by atoms with van der Waals surface area (Å²) in [5.74, 6) is 2.16. The molecule has 4 heterocycles. The van der Waals surface area contributed by atoms with Crippen LogP contribution in [0.4, 0.5) is 0 Å². The van der Waals surface area contributed by atoms with Crippen molar-refractivity contribution in [3.8, 4) is 11.5 Å². The molecule has 35 heavy (non-hydrogen) atoms. The van der Waals surface area contributed by atoms with Gasteiger partial charge in [-0.15, -0.1) is 5.10 Å². The molecule has 10 nitrogen and oxygen atoms in total. The van der Waals surface area contributed by atoms with E-state index in [9.17, 15) is 4.79 Å². The van der Waals surface area contributed by atoms with Crippen LogP contribution < -0.4 is 15.0 Å². The number of benzene rings is 1. The SMILES string of the molecule is CC[C@H](c1nnnn1C(C)(C)CC)N(Cc1cc2cc3c(cc2[nH]c1=O)OCO3)C[C@@H]1CCCO1. The van der Waals surface area contributed by atoms with Gasteiger partial charge in [0.15, 0.2) is 17.3 Å². The van der Waals surface area contributed by atoms with Crippen molar-refractivity contribution >= 4 is 10.9 Å². The average molecular weight is 483 g/mol. The number of rotatable bonds is 9. The summed E-state index contributed by atoms with van der Waals surface area (Å²) in [6.45, 7) is 10.7. The lowest BCUT2D eigenvalue weighted by Crippen LogP contribution is -2.39. The molecular weight excluding hydrogens is 448 g/mol. The molecule has 1 aromatic carbocycles. The molecule has 1 N–H and O–H groups in total. The van der Waals surface area contributed by atoms with Crippen LogP contribution in [-0.4, -0.2) is 56.1 Å². The Morgan fingerprint density at radius 1 is 1.23 bits per heavy atom. The molecule has 0 saturated carbocycles. The molecule has 3 aromatic rings. The first-order chi connectivity index (χ1) is 16.9. The van der Waals surface area contributed by atoms with Crippen molar-refractivity contribution in [2.45, 2.75) is 77.6 Å². The topological polar surface area (TPSA) is 107 Å². The Balaban J connectivity index is 1.51. The largest absolute Gasteiger partial charge is 0.454 e. The highest BCUT2D eigenvalue weighted by atomic mass is 16.7. The molecule has 1 saturated heterocycles. The van der Waals surface area contributed by atoms with Gasteiger partial charge in [0, 0.05) is 36.7 Å². The minimum atomic E-state index is -0.218. The number of hydrogen-bond acceptors (Lipinski definition) is 8. The highest BCUT2D eigenvalue weighted by Gasteiger charge is 2.33. The molecule has 2 aliphatic heterocycles. The van der Waals surface area contributed by atoms with Gasteiger partial charge < -0.3 is 19.2 Å². The van der Waals surface area contributed by atoms with Crippen molar-refractivity contribution in [3.05, 3.63) is 39.9 Å². The van der Waals surface area contributed by atoms with Crippen LogP contribution in [0.1, 0.15) is 70.8 Å². The number of tetrazole rings is 1. The maximum atomic E-state index is 13.1. The molecule has 0 amide bonds. The predicted octanol–water partition coefficient (Wildman–Crippen LogP) is 3.52. The van der Waals surface area contributed by atoms with Gasteiger partial charge in [0.1, 0.15) is 0 Å². The van der Waals surface area contributed by atoms with Crippen molar-refractivity contribution in [1.29, 1.82) is 0 Å². The number of pyridine rings is 1. The summed E-state index contributed by atoms with van der Waals surface area (Å²) in [5.41, 5.74) is 1.08. The number of hydrogen-bond donors (Lipinski definition) is 1. The number of nitrogens with one attached hydrogen (secondary N) is 1. The van der Waals surface area contributed by atoms with E-state index in [2.05, 4.69) is 53.1 Å². The van der Waals surface area contributed by atoms with E-state index in [1.54, 1.807) is 0 Å². The molecule has 0 aliphatic carbocycles. The fourth-order valence-corrected chi connectivity index (χ4v) is 4.92. The molecule has 5 rings (SSSR count). The fraction of sp³-hybridized carbons (Fsp3) is 0.600. The van der Waals surface area contributed by atoms with E-state index in [1.807, 2.05) is 22.9 Å². The molecule has 2 aromatic heterocycles. The Hall–Kier alpha value is -2.98. The van der Waals surface area contributed by atoms with E-state index >= 15 is 0 Å². The van der Waals surface area contributed by atoms with Gasteiger partial charge in [-0.2, -0.15) is 0 Å². The highest BCUT2D eigenvalue weighted by Crippen LogP contribution is 2.36. The molecule has 0 radical (unpaired) electrons. The quantitative estimate of drug-likeness (QED) is 0.494. The summed E-state index contributed by atoms with van der Waals surface area (Å²) in [6, 6.07) is 5.63. The van der Waals surface area contributed by atoms with Crippen molar-refractivity contribution in [1.82, 2.24) is 30.1 Å². The third-order valence-corrected chi connectivity index (χ3v) is 7.31. The lowest BCUT2D eigenvalue weighted by Gasteiger charge is -2.34. The summed E-state index contributed by atoms with van der Waals surface area (Å²) < 4.78 is 18.9. The first-order valence-corrected chi connectivity index (χ1v) is 12.5. The molecule has 0 bridgehead atoms. The van der Waals surface area contributed by atoms with Gasteiger partial charge in [0.2, 0.25) is 6.79 Å². The van der Waals surface area contributed by atoms with Gasteiger partial charge in [0.25, 0.3) is 5.56 Å². The molecule has 2 atom stereocenters. The number of H-pyrrole nitrogens is 1. The number of nitrogens with zero attached hydrogens (tertiary/aromatic N) is 5. The number of aromatic amines is 1. The van der Waals surface area contributed by atoms with Gasteiger partial charge in [-0.1, -0.05) is 13.8 Å². The van der Waals surface area contributed by atoms with Crippen LogP contribution in [0.15, 0.2) is 23.0 Å². The minimum Gasteiger partial charge on any atom is -0.454 e. The maximum absolute atomic E-state index is 13.1. The van der Waals surface area contributed by atoms with Gasteiger partial charge in [-0.25, -0.2) is 4.68 Å². The minimum absolute atomic E-state index is 0.0631. The second-order valence-corrected chi connectivity index (χ2v) is 10.0. The van der Waals surface area contributed by atoms with Crippen LogP contribution in [0.3, 0.4) is 0 Å². The molecule has 0 unspecified atom stereocenters. The Labute approximate surface area is 204 Å². The molecule has 10 heteroatoms. The molecule has 1 fully saturated rings. The van der Waals surface area contributed by atoms with Crippen LogP contribution in [0.25, 0.3) is 10.9 Å². The lowest BCUT2D eigenvalue weighted by atomic mass is 10.0. The number of aromatic nitrogens is 5. The average Bonchev–Trinajstić information content (AvgIpc) is 3.61. The monoisotopic (exact) mass is 482 g/mol. The van der Waals surface area contributed by atoms with Crippen LogP contribution in [0.5, 0.6) is 11.5 Å². The zero-order valence-electron chi connectivity index (χ0n) is 20.9. The summed E-state index contributed by atoms with van der Waals surface area (Å²) in [4.78, 5) is 18.5. The van der Waals surface area contributed by atoms with E-state index in [4.69, 9.17) is 14.2 Å². The number of ether oxygens (including phenoxy) is 3. The van der Waals surface area contributed by atoms with Crippen molar-refractivity contribution in [2.24, 2.45) is 0 Å². The van der Waals surface area contributed by atoms with Crippen LogP contribution >= 0.6 is 0 Å². The summed E-state index contributed by atoms with van der Waals surface area (Å²) in [5, 5.41) is 13.7. The summed E-state index contributed by atoms with van der Waals surface area (Å²) in [7, 11) is 0. The predicted molar refractivity (Wildman–Crippen MR) is 131 cm³/mol. The highest BCUT2D eigenvalue weighted by molar-refractivity contribution is 5.83. The summed E-state index contributed by atoms with van der Waals surface area (Å²) >= 11 is 0. The van der Waals surface area contributed by atoms with E-state index < -0.39 is 0 Å². The van der Waals surface area contributed by atoms with Gasteiger partial charge in [-0.3, -0.25) is 9.69 Å². The van der Waals surface area contributed by atoms with Gasteiger partial charge in [0.05, 0.1) is 23.2 Å². The Bertz CT molecular complexity index is 1250. The van der Waals surface area contributed by atoms with Crippen molar-refractivity contribution in [3.63, 3.8) is 0 Å². The van der Waals surface area contributed by atoms with E-state index in [-0.39, 0.29) is 30.0 Å². The fourth-order valence-electron chi connectivity index (χ4n) is 4.92. The third kappa shape index (κ3) is 4.64. The van der Waals surface area contributed by atoms with Gasteiger partial charge in [-0.05, 0) is 62.1 Å². The van der Waals surface area contributed by atoms with Crippen LogP contribution in [0, 0.1) is 0 Å². The van der Waals surface area contributed by atoms with E-state index in [0.717, 1.165) is 49.0 Å². The Morgan fingerprint density at radius 3 is 2.74 bits per heavy atom. The molecule has 2 aliphatic rings. The first-order valence-electron chi connectivity index (χ1n) is 12.5. The molecular formula is C25H34N6O4. The van der Waals surface area contributed by atoms with E-state index in [0.29, 0.717) is 30.2 Å². The lowest BCUT2D eigenvalue weighted by molar-refractivity contribution is 0.0475.